The maximum absolute atomic E-state index is 13.6. The van der Waals surface area contributed by atoms with Crippen LogP contribution in [-0.4, -0.2) is 22.1 Å². The van der Waals surface area contributed by atoms with Crippen molar-refractivity contribution in [3.8, 4) is 11.8 Å². The second-order valence-electron chi connectivity index (χ2n) is 5.54. The van der Waals surface area contributed by atoms with E-state index in [0.717, 1.165) is 0 Å². The normalized spacial score (nSPS) is 10.3. The van der Waals surface area contributed by atoms with Crippen LogP contribution >= 0.6 is 11.8 Å². The Kier molecular flexibility index (Phi) is 5.74. The van der Waals surface area contributed by atoms with Gasteiger partial charge >= 0.3 is 0 Å². The van der Waals surface area contributed by atoms with Gasteiger partial charge in [0.15, 0.2) is 11.8 Å². The van der Waals surface area contributed by atoms with Crippen LogP contribution in [0, 0.1) is 17.1 Å². The summed E-state index contributed by atoms with van der Waals surface area (Å²) >= 11 is 1.32. The van der Waals surface area contributed by atoms with Crippen LogP contribution in [0.4, 0.5) is 10.1 Å². The fraction of sp³-hybridized carbons (Fsp3) is 0.105. The molecular formula is C19H15FN4O2S. The third kappa shape index (κ3) is 4.86. The van der Waals surface area contributed by atoms with E-state index in [9.17, 15) is 9.18 Å². The van der Waals surface area contributed by atoms with Gasteiger partial charge in [0, 0.05) is 24.3 Å². The van der Waals surface area contributed by atoms with Crippen molar-refractivity contribution in [1.29, 1.82) is 5.26 Å². The molecule has 0 aliphatic heterocycles. The number of nitrogens with one attached hydrogen (secondary N) is 1. The van der Waals surface area contributed by atoms with Gasteiger partial charge < -0.3 is 14.6 Å². The standard InChI is InChI=1S/C19H15FN4O2S/c1-24-9-8-22-19(24)27-17-7-4-14(20)10-16(17)23-18(25)12-26-15-5-2-13(11-21)3-6-15/h2-10H,12H2,1H3,(H,23,25). The number of rotatable bonds is 6. The summed E-state index contributed by atoms with van der Waals surface area (Å²) in [6.45, 7) is -0.241. The highest BCUT2D eigenvalue weighted by atomic mass is 32.2. The molecule has 0 aliphatic carbocycles. The van der Waals surface area contributed by atoms with Gasteiger partial charge in [0.05, 0.1) is 17.3 Å². The molecule has 3 aromatic rings. The molecule has 136 valence electrons. The molecule has 6 nitrogen and oxygen atoms in total. The van der Waals surface area contributed by atoms with E-state index in [0.29, 0.717) is 27.1 Å². The van der Waals surface area contributed by atoms with Crippen LogP contribution in [0.1, 0.15) is 5.56 Å². The highest BCUT2D eigenvalue weighted by molar-refractivity contribution is 7.99. The first-order chi connectivity index (χ1) is 13.0. The molecule has 0 aliphatic rings. The smallest absolute Gasteiger partial charge is 0.262 e. The molecule has 0 saturated heterocycles. The Morgan fingerprint density at radius 1 is 1.33 bits per heavy atom. The molecule has 1 N–H and O–H groups in total. The van der Waals surface area contributed by atoms with Crippen molar-refractivity contribution in [2.75, 3.05) is 11.9 Å². The van der Waals surface area contributed by atoms with Crippen molar-refractivity contribution in [2.24, 2.45) is 7.05 Å². The van der Waals surface area contributed by atoms with Crippen LogP contribution < -0.4 is 10.1 Å². The molecule has 0 saturated carbocycles. The summed E-state index contributed by atoms with van der Waals surface area (Å²) in [4.78, 5) is 17.1. The molecule has 0 radical (unpaired) electrons. The van der Waals surface area contributed by atoms with Crippen LogP contribution in [0.3, 0.4) is 0 Å². The number of benzene rings is 2. The average molecular weight is 382 g/mol. The Morgan fingerprint density at radius 2 is 2.11 bits per heavy atom. The van der Waals surface area contributed by atoms with Crippen LogP contribution in [-0.2, 0) is 11.8 Å². The van der Waals surface area contributed by atoms with E-state index in [-0.39, 0.29) is 6.61 Å². The van der Waals surface area contributed by atoms with Gasteiger partial charge in [-0.05, 0) is 54.2 Å². The molecule has 2 aromatic carbocycles. The van der Waals surface area contributed by atoms with Gasteiger partial charge in [-0.1, -0.05) is 0 Å². The minimum atomic E-state index is -0.456. The molecule has 0 spiro atoms. The first-order valence-electron chi connectivity index (χ1n) is 7.92. The molecule has 0 bridgehead atoms. The zero-order valence-corrected chi connectivity index (χ0v) is 15.2. The highest BCUT2D eigenvalue weighted by Gasteiger charge is 2.12. The second-order valence-corrected chi connectivity index (χ2v) is 6.55. The first-order valence-corrected chi connectivity index (χ1v) is 8.74. The number of hydrogen-bond acceptors (Lipinski definition) is 5. The van der Waals surface area contributed by atoms with Gasteiger partial charge in [0.2, 0.25) is 0 Å². The Bertz CT molecular complexity index is 996. The van der Waals surface area contributed by atoms with Gasteiger partial charge in [-0.25, -0.2) is 9.37 Å². The largest absolute Gasteiger partial charge is 0.484 e. The Balaban J connectivity index is 1.66. The van der Waals surface area contributed by atoms with Gasteiger partial charge in [-0.3, -0.25) is 4.79 Å². The number of anilines is 1. The SMILES string of the molecule is Cn1ccnc1Sc1ccc(F)cc1NC(=O)COc1ccc(C#N)cc1. The van der Waals surface area contributed by atoms with E-state index in [2.05, 4.69) is 10.3 Å². The molecule has 3 rings (SSSR count). The van der Waals surface area contributed by atoms with Crippen molar-refractivity contribution in [3.63, 3.8) is 0 Å². The Labute approximate surface area is 159 Å². The number of carbonyl (C=O) groups is 1. The molecule has 0 fully saturated rings. The number of halogens is 1. The maximum atomic E-state index is 13.6. The lowest BCUT2D eigenvalue weighted by molar-refractivity contribution is -0.118. The van der Waals surface area contributed by atoms with Gasteiger partial charge in [0.1, 0.15) is 11.6 Å². The van der Waals surface area contributed by atoms with Crippen molar-refractivity contribution in [3.05, 3.63) is 66.2 Å². The number of hydrogen-bond donors (Lipinski definition) is 1. The van der Waals surface area contributed by atoms with Crippen molar-refractivity contribution in [1.82, 2.24) is 9.55 Å². The molecule has 0 unspecified atom stereocenters. The molecule has 1 heterocycles. The summed E-state index contributed by atoms with van der Waals surface area (Å²) in [6.07, 6.45) is 3.46. The number of imidazole rings is 1. The minimum absolute atomic E-state index is 0.241. The summed E-state index contributed by atoms with van der Waals surface area (Å²) in [5, 5.41) is 12.2. The topological polar surface area (TPSA) is 79.9 Å². The average Bonchev–Trinajstić information content (AvgIpc) is 3.07. The maximum Gasteiger partial charge on any atom is 0.262 e. The minimum Gasteiger partial charge on any atom is -0.484 e. The lowest BCUT2D eigenvalue weighted by Crippen LogP contribution is -2.20. The zero-order valence-electron chi connectivity index (χ0n) is 14.3. The number of carbonyl (C=O) groups excluding carboxylic acids is 1. The van der Waals surface area contributed by atoms with Crippen LogP contribution in [0.15, 0.2) is 64.9 Å². The van der Waals surface area contributed by atoms with Crippen LogP contribution in [0.25, 0.3) is 0 Å². The molecule has 1 aromatic heterocycles. The lowest BCUT2D eigenvalue weighted by Gasteiger charge is -2.11. The number of nitrogens with zero attached hydrogens (tertiary/aromatic N) is 3. The lowest BCUT2D eigenvalue weighted by atomic mass is 10.2. The van der Waals surface area contributed by atoms with E-state index in [1.54, 1.807) is 42.7 Å². The summed E-state index contributed by atoms with van der Waals surface area (Å²) in [5.41, 5.74) is 0.846. The summed E-state index contributed by atoms with van der Waals surface area (Å²) in [6, 6.07) is 12.6. The molecule has 0 atom stereocenters. The zero-order chi connectivity index (χ0) is 19.2. The number of nitriles is 1. The Hall–Kier alpha value is -3.31. The van der Waals surface area contributed by atoms with Crippen LogP contribution in [0.2, 0.25) is 0 Å². The van der Waals surface area contributed by atoms with Gasteiger partial charge in [-0.2, -0.15) is 5.26 Å². The van der Waals surface area contributed by atoms with Crippen LogP contribution in [0.5, 0.6) is 5.75 Å². The van der Waals surface area contributed by atoms with Gasteiger partial charge in [-0.15, -0.1) is 0 Å². The molecule has 8 heteroatoms. The number of aromatic nitrogens is 2. The predicted octanol–water partition coefficient (Wildman–Crippen LogP) is 3.60. The van der Waals surface area contributed by atoms with E-state index in [4.69, 9.17) is 10.00 Å². The molecule has 1 amide bonds. The van der Waals surface area contributed by atoms with E-state index < -0.39 is 11.7 Å². The first kappa shape index (κ1) is 18.5. The van der Waals surface area contributed by atoms with Gasteiger partial charge in [0.25, 0.3) is 5.91 Å². The summed E-state index contributed by atoms with van der Waals surface area (Å²) in [7, 11) is 1.85. The van der Waals surface area contributed by atoms with E-state index in [1.807, 2.05) is 17.7 Å². The quantitative estimate of drug-likeness (QED) is 0.705. The highest BCUT2D eigenvalue weighted by Crippen LogP contribution is 2.32. The van der Waals surface area contributed by atoms with Crippen molar-refractivity contribution >= 4 is 23.4 Å². The summed E-state index contributed by atoms with van der Waals surface area (Å²) in [5.74, 6) is -0.417. The fourth-order valence-electron chi connectivity index (χ4n) is 2.20. The number of amides is 1. The summed E-state index contributed by atoms with van der Waals surface area (Å²) < 4.78 is 20.9. The van der Waals surface area contributed by atoms with E-state index >= 15 is 0 Å². The molecule has 27 heavy (non-hydrogen) atoms. The number of aryl methyl sites for hydroxylation is 1. The second kappa shape index (κ2) is 8.38. The monoisotopic (exact) mass is 382 g/mol. The van der Waals surface area contributed by atoms with Crippen molar-refractivity contribution in [2.45, 2.75) is 10.1 Å². The fourth-order valence-corrected chi connectivity index (χ4v) is 3.07. The predicted molar refractivity (Wildman–Crippen MR) is 99.0 cm³/mol. The third-order valence-corrected chi connectivity index (χ3v) is 4.70. The molecular weight excluding hydrogens is 367 g/mol. The van der Waals surface area contributed by atoms with Crippen molar-refractivity contribution < 1.29 is 13.9 Å². The Morgan fingerprint density at radius 3 is 2.78 bits per heavy atom. The number of ether oxygens (including phenoxy) is 1. The van der Waals surface area contributed by atoms with E-state index in [1.165, 1.54) is 23.9 Å². The third-order valence-electron chi connectivity index (χ3n) is 3.55.